The lowest BCUT2D eigenvalue weighted by Gasteiger charge is -2.35. The molecular formula is C12H14O6. The van der Waals surface area contributed by atoms with E-state index in [0.717, 1.165) is 0 Å². The van der Waals surface area contributed by atoms with E-state index in [1.807, 2.05) is 0 Å². The van der Waals surface area contributed by atoms with Crippen LogP contribution in [-0.2, 0) is 28.7 Å². The number of hydrogen-bond donors (Lipinski definition) is 0. The second kappa shape index (κ2) is 4.19. The lowest BCUT2D eigenvalue weighted by Crippen LogP contribution is -2.52. The smallest absolute Gasteiger partial charge is 0.324 e. The van der Waals surface area contributed by atoms with Crippen molar-refractivity contribution < 1.29 is 28.7 Å². The molecule has 6 nitrogen and oxygen atoms in total. The van der Waals surface area contributed by atoms with E-state index in [9.17, 15) is 19.2 Å². The van der Waals surface area contributed by atoms with E-state index in [1.165, 1.54) is 13.8 Å². The molecule has 98 valence electrons. The van der Waals surface area contributed by atoms with Crippen LogP contribution in [0.2, 0.25) is 0 Å². The van der Waals surface area contributed by atoms with Gasteiger partial charge in [0.15, 0.2) is 5.92 Å². The number of ether oxygens (including phenoxy) is 2. The highest BCUT2D eigenvalue weighted by Crippen LogP contribution is 2.32. The Hall–Kier alpha value is -1.72. The van der Waals surface area contributed by atoms with Crippen LogP contribution in [0.1, 0.15) is 33.1 Å². The van der Waals surface area contributed by atoms with Crippen LogP contribution in [0.25, 0.3) is 0 Å². The summed E-state index contributed by atoms with van der Waals surface area (Å²) in [5.41, 5.74) is 0. The fraction of sp³-hybridized carbons (Fsp3) is 0.667. The molecule has 2 aliphatic rings. The van der Waals surface area contributed by atoms with Gasteiger partial charge in [0.2, 0.25) is 0 Å². The zero-order valence-electron chi connectivity index (χ0n) is 10.2. The largest absolute Gasteiger partial charge is 0.422 e. The van der Waals surface area contributed by atoms with Crippen LogP contribution in [0.3, 0.4) is 0 Å². The Bertz CT molecular complexity index is 400. The molecule has 2 rings (SSSR count). The number of Topliss-reactive ketones (excluding diaryl/α,β-unsaturated/α-hetero) is 2. The second-order valence-electron chi connectivity index (χ2n) is 4.98. The molecule has 1 saturated heterocycles. The maximum absolute atomic E-state index is 11.8. The van der Waals surface area contributed by atoms with E-state index in [1.54, 1.807) is 0 Å². The van der Waals surface area contributed by atoms with Gasteiger partial charge < -0.3 is 9.47 Å². The van der Waals surface area contributed by atoms with Crippen molar-refractivity contribution in [2.45, 2.75) is 38.9 Å². The van der Waals surface area contributed by atoms with Crippen LogP contribution in [-0.4, -0.2) is 29.3 Å². The van der Waals surface area contributed by atoms with Gasteiger partial charge in [0.05, 0.1) is 0 Å². The van der Waals surface area contributed by atoms with E-state index in [2.05, 4.69) is 0 Å². The Morgan fingerprint density at radius 1 is 0.889 bits per heavy atom. The Balaban J connectivity index is 2.27. The SMILES string of the molecule is CC1(C)OC(=O)C(C2C(=O)CCCC2=O)C(=O)O1. The Kier molecular flexibility index (Phi) is 2.96. The summed E-state index contributed by atoms with van der Waals surface area (Å²) in [6, 6.07) is 0. The van der Waals surface area contributed by atoms with Crippen LogP contribution in [0.15, 0.2) is 0 Å². The molecule has 0 radical (unpaired) electrons. The molecule has 0 aromatic heterocycles. The molecule has 0 aromatic rings. The molecule has 18 heavy (non-hydrogen) atoms. The van der Waals surface area contributed by atoms with Gasteiger partial charge in [0.1, 0.15) is 17.5 Å². The minimum atomic E-state index is -1.43. The molecular weight excluding hydrogens is 240 g/mol. The van der Waals surface area contributed by atoms with Gasteiger partial charge >= 0.3 is 11.9 Å². The Labute approximate surface area is 104 Å². The third kappa shape index (κ3) is 2.14. The first-order valence-electron chi connectivity index (χ1n) is 5.83. The molecule has 0 aromatic carbocycles. The topological polar surface area (TPSA) is 86.7 Å². The van der Waals surface area contributed by atoms with Crippen molar-refractivity contribution in [1.82, 2.24) is 0 Å². The normalized spacial score (nSPS) is 25.9. The number of rotatable bonds is 1. The zero-order chi connectivity index (χ0) is 13.5. The first kappa shape index (κ1) is 12.7. The third-order valence-corrected chi connectivity index (χ3v) is 3.07. The summed E-state index contributed by atoms with van der Waals surface area (Å²) >= 11 is 0. The molecule has 0 N–H and O–H groups in total. The van der Waals surface area contributed by atoms with Crippen molar-refractivity contribution in [1.29, 1.82) is 0 Å². The summed E-state index contributed by atoms with van der Waals surface area (Å²) in [6.45, 7) is 2.84. The summed E-state index contributed by atoms with van der Waals surface area (Å²) in [5, 5.41) is 0. The number of hydrogen-bond acceptors (Lipinski definition) is 6. The summed E-state index contributed by atoms with van der Waals surface area (Å²) < 4.78 is 9.84. The number of carbonyl (C=O) groups is 4. The first-order chi connectivity index (χ1) is 8.32. The van der Waals surface area contributed by atoms with Gasteiger partial charge in [0.25, 0.3) is 5.79 Å². The average Bonchev–Trinajstić information content (AvgIpc) is 2.19. The Morgan fingerprint density at radius 3 is 1.78 bits per heavy atom. The van der Waals surface area contributed by atoms with Crippen LogP contribution in [0.5, 0.6) is 0 Å². The van der Waals surface area contributed by atoms with Crippen molar-refractivity contribution in [2.75, 3.05) is 0 Å². The number of cyclic esters (lactones) is 2. The molecule has 0 amide bonds. The molecule has 1 heterocycles. The summed E-state index contributed by atoms with van der Waals surface area (Å²) in [5.74, 6) is -6.48. The first-order valence-corrected chi connectivity index (χ1v) is 5.83. The van der Waals surface area contributed by atoms with Crippen LogP contribution >= 0.6 is 0 Å². The van der Waals surface area contributed by atoms with Crippen molar-refractivity contribution >= 4 is 23.5 Å². The van der Waals surface area contributed by atoms with E-state index < -0.39 is 29.6 Å². The van der Waals surface area contributed by atoms with E-state index >= 15 is 0 Å². The molecule has 1 saturated carbocycles. The van der Waals surface area contributed by atoms with E-state index in [0.29, 0.717) is 6.42 Å². The molecule has 0 bridgehead atoms. The highest BCUT2D eigenvalue weighted by Gasteiger charge is 2.52. The molecule has 2 fully saturated rings. The molecule has 6 heteroatoms. The van der Waals surface area contributed by atoms with Gasteiger partial charge in [-0.3, -0.25) is 19.2 Å². The minimum absolute atomic E-state index is 0.205. The zero-order valence-corrected chi connectivity index (χ0v) is 10.2. The lowest BCUT2D eigenvalue weighted by atomic mass is 9.77. The lowest BCUT2D eigenvalue weighted by molar-refractivity contribution is -0.242. The van der Waals surface area contributed by atoms with Crippen molar-refractivity contribution in [2.24, 2.45) is 11.8 Å². The molecule has 0 atom stereocenters. The van der Waals surface area contributed by atoms with Crippen LogP contribution in [0, 0.1) is 11.8 Å². The standard InChI is InChI=1S/C12H14O6/c1-12(2)17-10(15)9(11(16)18-12)8-6(13)4-3-5-7(8)14/h8-9H,3-5H2,1-2H3. The van der Waals surface area contributed by atoms with E-state index in [-0.39, 0.29) is 24.4 Å². The predicted molar refractivity (Wildman–Crippen MR) is 57.1 cm³/mol. The van der Waals surface area contributed by atoms with Gasteiger partial charge in [-0.05, 0) is 6.42 Å². The average molecular weight is 254 g/mol. The summed E-state index contributed by atoms with van der Waals surface area (Å²) in [6.07, 6.45) is 0.879. The number of carbonyl (C=O) groups excluding carboxylic acids is 4. The minimum Gasteiger partial charge on any atom is -0.422 e. The monoisotopic (exact) mass is 254 g/mol. The van der Waals surface area contributed by atoms with Crippen LogP contribution in [0.4, 0.5) is 0 Å². The third-order valence-electron chi connectivity index (χ3n) is 3.07. The predicted octanol–water partition coefficient (Wildman–Crippen LogP) is 0.377. The fourth-order valence-corrected chi connectivity index (χ4v) is 2.30. The maximum Gasteiger partial charge on any atom is 0.324 e. The number of esters is 2. The van der Waals surface area contributed by atoms with Gasteiger partial charge in [0, 0.05) is 26.7 Å². The quantitative estimate of drug-likeness (QED) is 0.496. The van der Waals surface area contributed by atoms with E-state index in [4.69, 9.17) is 9.47 Å². The van der Waals surface area contributed by atoms with Gasteiger partial charge in [-0.1, -0.05) is 0 Å². The summed E-state index contributed by atoms with van der Waals surface area (Å²) in [7, 11) is 0. The summed E-state index contributed by atoms with van der Waals surface area (Å²) in [4.78, 5) is 47.0. The molecule has 0 spiro atoms. The van der Waals surface area contributed by atoms with Gasteiger partial charge in [-0.15, -0.1) is 0 Å². The highest BCUT2D eigenvalue weighted by atomic mass is 16.7. The van der Waals surface area contributed by atoms with Crippen molar-refractivity contribution in [3.63, 3.8) is 0 Å². The van der Waals surface area contributed by atoms with Crippen molar-refractivity contribution in [3.8, 4) is 0 Å². The Morgan fingerprint density at radius 2 is 1.33 bits per heavy atom. The molecule has 1 aliphatic carbocycles. The molecule has 0 unspecified atom stereocenters. The fourth-order valence-electron chi connectivity index (χ4n) is 2.30. The van der Waals surface area contributed by atoms with Gasteiger partial charge in [-0.2, -0.15) is 0 Å². The second-order valence-corrected chi connectivity index (χ2v) is 4.98. The van der Waals surface area contributed by atoms with Crippen LogP contribution < -0.4 is 0 Å². The highest BCUT2D eigenvalue weighted by molar-refractivity contribution is 6.13. The number of ketones is 2. The van der Waals surface area contributed by atoms with Crippen molar-refractivity contribution in [3.05, 3.63) is 0 Å². The van der Waals surface area contributed by atoms with Gasteiger partial charge in [-0.25, -0.2) is 0 Å². The maximum atomic E-state index is 11.8. The molecule has 1 aliphatic heterocycles.